The maximum Gasteiger partial charge on any atom is 0.136 e. The number of benzene rings is 9. The Kier molecular flexibility index (Phi) is 7.50. The summed E-state index contributed by atoms with van der Waals surface area (Å²) in [5.74, 6) is 0. The van der Waals surface area contributed by atoms with Crippen LogP contribution in [-0.4, -0.2) is 0 Å². The van der Waals surface area contributed by atoms with Gasteiger partial charge in [0.25, 0.3) is 0 Å². The Hall–Kier alpha value is -7.20. The van der Waals surface area contributed by atoms with Crippen molar-refractivity contribution >= 4 is 70.5 Å². The fourth-order valence-electron chi connectivity index (χ4n) is 12.5. The van der Waals surface area contributed by atoms with Crippen molar-refractivity contribution in [3.63, 3.8) is 0 Å². The Labute approximate surface area is 389 Å². The second kappa shape index (κ2) is 13.0. The zero-order valence-electron chi connectivity index (χ0n) is 38.0. The van der Waals surface area contributed by atoms with Gasteiger partial charge in [-0.2, -0.15) is 0 Å². The van der Waals surface area contributed by atoms with Crippen molar-refractivity contribution in [2.24, 2.45) is 0 Å². The summed E-state index contributed by atoms with van der Waals surface area (Å²) in [6, 6.07) is 65.9. The third-order valence-corrected chi connectivity index (χ3v) is 17.0. The third kappa shape index (κ3) is 4.91. The molecule has 0 amide bonds. The van der Waals surface area contributed by atoms with E-state index in [4.69, 9.17) is 4.42 Å². The van der Waals surface area contributed by atoms with Gasteiger partial charge in [0.15, 0.2) is 0 Å². The Morgan fingerprint density at radius 2 is 0.939 bits per heavy atom. The molecule has 0 fully saturated rings. The van der Waals surface area contributed by atoms with Gasteiger partial charge in [0, 0.05) is 64.3 Å². The lowest BCUT2D eigenvalue weighted by Gasteiger charge is -2.29. The Morgan fingerprint density at radius 1 is 0.379 bits per heavy atom. The van der Waals surface area contributed by atoms with E-state index in [1.165, 1.54) is 109 Å². The fraction of sp³-hybridized carbons (Fsp3) is 0.143. The molecular formula is C63H47NOS. The number of rotatable bonds is 4. The van der Waals surface area contributed by atoms with Gasteiger partial charge in [-0.3, -0.25) is 0 Å². The summed E-state index contributed by atoms with van der Waals surface area (Å²) in [4.78, 5) is 2.48. The normalized spacial score (nSPS) is 15.5. The second-order valence-electron chi connectivity index (χ2n) is 20.4. The van der Waals surface area contributed by atoms with Gasteiger partial charge in [0.1, 0.15) is 11.2 Å². The van der Waals surface area contributed by atoms with E-state index >= 15 is 0 Å². The predicted molar refractivity (Wildman–Crippen MR) is 279 cm³/mol. The quantitative estimate of drug-likeness (QED) is 0.175. The van der Waals surface area contributed by atoms with Gasteiger partial charge < -0.3 is 9.32 Å². The van der Waals surface area contributed by atoms with Crippen LogP contribution in [0.4, 0.5) is 17.1 Å². The van der Waals surface area contributed by atoms with E-state index in [0.717, 1.165) is 28.2 Å². The van der Waals surface area contributed by atoms with Crippen LogP contribution in [0.15, 0.2) is 180 Å². The summed E-state index contributed by atoms with van der Waals surface area (Å²) >= 11 is 1.92. The molecule has 66 heavy (non-hydrogen) atoms. The molecule has 0 atom stereocenters. The highest BCUT2D eigenvalue weighted by Gasteiger charge is 2.44. The number of furan rings is 1. The van der Waals surface area contributed by atoms with Crippen LogP contribution in [0.5, 0.6) is 0 Å². The topological polar surface area (TPSA) is 16.4 Å². The molecule has 0 unspecified atom stereocenters. The minimum atomic E-state index is -0.232. The molecule has 0 saturated carbocycles. The maximum absolute atomic E-state index is 6.45. The Morgan fingerprint density at radius 3 is 1.71 bits per heavy atom. The lowest BCUT2D eigenvalue weighted by Crippen LogP contribution is -2.18. The average Bonchev–Trinajstić information content (AvgIpc) is 4.08. The van der Waals surface area contributed by atoms with Gasteiger partial charge in [0.05, 0.1) is 0 Å². The summed E-state index contributed by atoms with van der Waals surface area (Å²) in [6.45, 7) is 14.5. The first-order chi connectivity index (χ1) is 32.0. The third-order valence-electron chi connectivity index (χ3n) is 15.8. The molecule has 316 valence electrons. The van der Waals surface area contributed by atoms with E-state index in [1.807, 2.05) is 11.3 Å². The summed E-state index contributed by atoms with van der Waals surface area (Å²) < 4.78 is 9.15. The van der Waals surface area contributed by atoms with Crippen molar-refractivity contribution in [1.82, 2.24) is 0 Å². The lowest BCUT2D eigenvalue weighted by atomic mass is 9.79. The van der Waals surface area contributed by atoms with E-state index in [1.54, 1.807) is 0 Å². The molecule has 9 aromatic carbocycles. The van der Waals surface area contributed by atoms with Gasteiger partial charge >= 0.3 is 0 Å². The summed E-state index contributed by atoms with van der Waals surface area (Å²) in [5, 5.41) is 5.14. The first kappa shape index (κ1) is 38.1. The molecule has 2 aromatic heterocycles. The summed E-state index contributed by atoms with van der Waals surface area (Å²) in [6.07, 6.45) is 0. The van der Waals surface area contributed by atoms with Crippen molar-refractivity contribution in [3.05, 3.63) is 209 Å². The van der Waals surface area contributed by atoms with E-state index in [0.29, 0.717) is 0 Å². The number of anilines is 3. The van der Waals surface area contributed by atoms with Crippen molar-refractivity contribution in [2.75, 3.05) is 4.90 Å². The predicted octanol–water partition coefficient (Wildman–Crippen LogP) is 18.0. The maximum atomic E-state index is 6.45. The molecule has 2 heterocycles. The molecule has 0 aliphatic heterocycles. The molecule has 0 N–H and O–H groups in total. The lowest BCUT2D eigenvalue weighted by molar-refractivity contribution is 0.651. The monoisotopic (exact) mass is 865 g/mol. The molecule has 3 heteroatoms. The van der Waals surface area contributed by atoms with Crippen LogP contribution < -0.4 is 4.90 Å². The van der Waals surface area contributed by atoms with Crippen LogP contribution >= 0.6 is 11.3 Å². The first-order valence-electron chi connectivity index (χ1n) is 23.3. The zero-order chi connectivity index (χ0) is 44.4. The molecule has 0 spiro atoms. The number of hydrogen-bond acceptors (Lipinski definition) is 3. The SMILES string of the molecule is CC1(C)c2cc(N(c3ccccc3)c3ccc4c(c3)C(C)(C)c3cc(-c5ccccc5)c5sc6ccccc6c5c3-4)ccc2-c2cc3c(cc21)-c1c(ccc2oc4ccccc4c12)C3(C)C. The highest BCUT2D eigenvalue weighted by Crippen LogP contribution is 2.60. The van der Waals surface area contributed by atoms with E-state index < -0.39 is 0 Å². The molecule has 0 bridgehead atoms. The smallest absolute Gasteiger partial charge is 0.136 e. The van der Waals surface area contributed by atoms with Gasteiger partial charge in [-0.05, 0) is 151 Å². The minimum Gasteiger partial charge on any atom is -0.456 e. The molecule has 3 aliphatic carbocycles. The van der Waals surface area contributed by atoms with Crippen LogP contribution in [0.3, 0.4) is 0 Å². The van der Waals surface area contributed by atoms with Crippen LogP contribution in [-0.2, 0) is 16.2 Å². The number of nitrogens with zero attached hydrogens (tertiary/aromatic N) is 1. The fourth-order valence-corrected chi connectivity index (χ4v) is 13.7. The van der Waals surface area contributed by atoms with E-state index in [9.17, 15) is 0 Å². The van der Waals surface area contributed by atoms with Gasteiger partial charge in [0.2, 0.25) is 0 Å². The van der Waals surface area contributed by atoms with Crippen molar-refractivity contribution in [3.8, 4) is 44.5 Å². The average molecular weight is 866 g/mol. The first-order valence-corrected chi connectivity index (χ1v) is 24.1. The number of para-hydroxylation sites is 2. The molecule has 0 radical (unpaired) electrons. The molecule has 3 aliphatic rings. The molecule has 11 aromatic rings. The van der Waals surface area contributed by atoms with Gasteiger partial charge in [-0.25, -0.2) is 0 Å². The largest absolute Gasteiger partial charge is 0.456 e. The van der Waals surface area contributed by atoms with E-state index in [2.05, 4.69) is 222 Å². The van der Waals surface area contributed by atoms with Crippen molar-refractivity contribution in [2.45, 2.75) is 57.8 Å². The molecular weight excluding hydrogens is 819 g/mol. The van der Waals surface area contributed by atoms with Crippen LogP contribution in [0.1, 0.15) is 74.9 Å². The Balaban J connectivity index is 0.927. The standard InChI is InChI=1S/C63H47NOS/c1-61(2)47-29-30-54-58(42-21-13-15-23-53(42)65-54)57(47)46-35-50-45(34-51(46)61)40-27-25-38(31-48(40)62(50,3)4)64(37-19-11-8-12-20-37)39-26-28-41-49(32-39)63(5,6)52-33-44(36-17-9-7-10-18-36)60-59(56(41)52)43-22-14-16-24-55(43)66-60/h7-35H,1-6H3. The van der Waals surface area contributed by atoms with Crippen LogP contribution in [0.2, 0.25) is 0 Å². The number of fused-ring (bicyclic) bond motifs is 17. The summed E-state index contributed by atoms with van der Waals surface area (Å²) in [7, 11) is 0. The summed E-state index contributed by atoms with van der Waals surface area (Å²) in [5.41, 5.74) is 23.7. The van der Waals surface area contributed by atoms with Gasteiger partial charge in [-0.15, -0.1) is 11.3 Å². The highest BCUT2D eigenvalue weighted by molar-refractivity contribution is 7.26. The van der Waals surface area contributed by atoms with Crippen LogP contribution in [0.25, 0.3) is 86.6 Å². The van der Waals surface area contributed by atoms with Crippen molar-refractivity contribution in [1.29, 1.82) is 0 Å². The number of hydrogen-bond donors (Lipinski definition) is 0. The van der Waals surface area contributed by atoms with Crippen molar-refractivity contribution < 1.29 is 4.42 Å². The Bertz CT molecular complexity index is 3900. The molecule has 2 nitrogen and oxygen atoms in total. The second-order valence-corrected chi connectivity index (χ2v) is 21.5. The van der Waals surface area contributed by atoms with Gasteiger partial charge in [-0.1, -0.05) is 145 Å². The number of thiophene rings is 1. The molecule has 14 rings (SSSR count). The highest BCUT2D eigenvalue weighted by atomic mass is 32.1. The molecule has 0 saturated heterocycles. The van der Waals surface area contributed by atoms with E-state index in [-0.39, 0.29) is 16.2 Å². The minimum absolute atomic E-state index is 0.157. The van der Waals surface area contributed by atoms with Crippen LogP contribution in [0, 0.1) is 0 Å². The zero-order valence-corrected chi connectivity index (χ0v) is 38.8.